The molecule has 1 aliphatic carbocycles. The monoisotopic (exact) mass is 290 g/mol. The van der Waals surface area contributed by atoms with Crippen molar-refractivity contribution >= 4 is 11.8 Å². The third kappa shape index (κ3) is 4.66. The molecule has 2 N–H and O–H groups in total. The highest BCUT2D eigenvalue weighted by molar-refractivity contribution is 5.68. The van der Waals surface area contributed by atoms with E-state index in [1.165, 1.54) is 16.8 Å². The van der Waals surface area contributed by atoms with Crippen LogP contribution in [-0.2, 0) is 4.74 Å². The summed E-state index contributed by atoms with van der Waals surface area (Å²) in [6.45, 7) is 9.82. The SMILES string of the molecule is Cc1ccc(C)c(NC2CC(NC(=O)OC(C)(C)C)C2)c1. The first-order chi connectivity index (χ1) is 9.73. The maximum Gasteiger partial charge on any atom is 0.407 e. The van der Waals surface area contributed by atoms with Crippen LogP contribution in [0.1, 0.15) is 44.7 Å². The molecule has 1 amide bonds. The second kappa shape index (κ2) is 5.96. The number of aryl methyl sites for hydroxylation is 2. The van der Waals surface area contributed by atoms with E-state index >= 15 is 0 Å². The highest BCUT2D eigenvalue weighted by Crippen LogP contribution is 2.26. The molecule has 1 aliphatic rings. The topological polar surface area (TPSA) is 50.4 Å². The van der Waals surface area contributed by atoms with Crippen LogP contribution in [0.3, 0.4) is 0 Å². The number of anilines is 1. The molecule has 1 fully saturated rings. The molecule has 1 aromatic rings. The van der Waals surface area contributed by atoms with Gasteiger partial charge in [-0.05, 0) is 64.7 Å². The number of carbonyl (C=O) groups is 1. The van der Waals surface area contributed by atoms with E-state index in [-0.39, 0.29) is 12.1 Å². The van der Waals surface area contributed by atoms with Gasteiger partial charge in [0.15, 0.2) is 0 Å². The molecule has 0 atom stereocenters. The number of amides is 1. The Balaban J connectivity index is 1.77. The summed E-state index contributed by atoms with van der Waals surface area (Å²) in [4.78, 5) is 11.7. The number of nitrogens with one attached hydrogen (secondary N) is 2. The fraction of sp³-hybridized carbons (Fsp3) is 0.588. The van der Waals surface area contributed by atoms with Crippen molar-refractivity contribution in [2.75, 3.05) is 5.32 Å². The largest absolute Gasteiger partial charge is 0.444 e. The van der Waals surface area contributed by atoms with Gasteiger partial charge in [0, 0.05) is 17.8 Å². The molecular weight excluding hydrogens is 264 g/mol. The van der Waals surface area contributed by atoms with Gasteiger partial charge in [-0.25, -0.2) is 4.79 Å². The Morgan fingerprint density at radius 1 is 1.19 bits per heavy atom. The van der Waals surface area contributed by atoms with Crippen LogP contribution in [0.4, 0.5) is 10.5 Å². The molecule has 0 saturated heterocycles. The number of rotatable bonds is 3. The zero-order chi connectivity index (χ0) is 15.6. The van der Waals surface area contributed by atoms with Crippen LogP contribution in [0.5, 0.6) is 0 Å². The van der Waals surface area contributed by atoms with E-state index in [1.807, 2.05) is 20.8 Å². The van der Waals surface area contributed by atoms with E-state index < -0.39 is 5.60 Å². The van der Waals surface area contributed by atoms with Gasteiger partial charge in [0.25, 0.3) is 0 Å². The maximum atomic E-state index is 11.7. The van der Waals surface area contributed by atoms with Crippen LogP contribution in [0.15, 0.2) is 18.2 Å². The average Bonchev–Trinajstić information content (AvgIpc) is 2.28. The highest BCUT2D eigenvalue weighted by atomic mass is 16.6. The molecular formula is C17H26N2O2. The van der Waals surface area contributed by atoms with Crippen LogP contribution in [0, 0.1) is 13.8 Å². The normalized spacial score (nSPS) is 21.4. The smallest absolute Gasteiger partial charge is 0.407 e. The summed E-state index contributed by atoms with van der Waals surface area (Å²) in [5, 5.41) is 6.46. The van der Waals surface area contributed by atoms with Crippen molar-refractivity contribution in [2.45, 2.75) is 65.1 Å². The summed E-state index contributed by atoms with van der Waals surface area (Å²) < 4.78 is 5.26. The van der Waals surface area contributed by atoms with E-state index in [0.29, 0.717) is 6.04 Å². The van der Waals surface area contributed by atoms with Crippen molar-refractivity contribution in [2.24, 2.45) is 0 Å². The van der Waals surface area contributed by atoms with E-state index in [4.69, 9.17) is 4.74 Å². The zero-order valence-electron chi connectivity index (χ0n) is 13.6. The Labute approximate surface area is 127 Å². The Morgan fingerprint density at radius 3 is 2.48 bits per heavy atom. The van der Waals surface area contributed by atoms with Gasteiger partial charge in [-0.1, -0.05) is 12.1 Å². The first kappa shape index (κ1) is 15.7. The summed E-state index contributed by atoms with van der Waals surface area (Å²) >= 11 is 0. The van der Waals surface area contributed by atoms with E-state index in [9.17, 15) is 4.79 Å². The Morgan fingerprint density at radius 2 is 1.86 bits per heavy atom. The molecule has 2 rings (SSSR count). The molecule has 1 saturated carbocycles. The van der Waals surface area contributed by atoms with Gasteiger partial charge in [0.1, 0.15) is 5.60 Å². The van der Waals surface area contributed by atoms with Crippen LogP contribution >= 0.6 is 0 Å². The Hall–Kier alpha value is -1.71. The lowest BCUT2D eigenvalue weighted by Gasteiger charge is -2.37. The third-order valence-electron chi connectivity index (χ3n) is 3.61. The van der Waals surface area contributed by atoms with Gasteiger partial charge in [0.2, 0.25) is 0 Å². The standard InChI is InChI=1S/C17H26N2O2/c1-11-6-7-12(2)15(8-11)18-13-9-14(10-13)19-16(20)21-17(3,4)5/h6-8,13-14,18H,9-10H2,1-5H3,(H,19,20). The predicted octanol–water partition coefficient (Wildman–Crippen LogP) is 3.77. The van der Waals surface area contributed by atoms with E-state index in [1.54, 1.807) is 0 Å². The minimum absolute atomic E-state index is 0.211. The van der Waals surface area contributed by atoms with Crippen molar-refractivity contribution in [1.29, 1.82) is 0 Å². The van der Waals surface area contributed by atoms with Gasteiger partial charge < -0.3 is 15.4 Å². The van der Waals surface area contributed by atoms with E-state index in [0.717, 1.165) is 12.8 Å². The minimum Gasteiger partial charge on any atom is -0.444 e. The number of alkyl carbamates (subject to hydrolysis) is 1. The minimum atomic E-state index is -0.440. The quantitative estimate of drug-likeness (QED) is 0.891. The first-order valence-electron chi connectivity index (χ1n) is 7.56. The second-order valence-corrected chi connectivity index (χ2v) is 6.97. The lowest BCUT2D eigenvalue weighted by Crippen LogP contribution is -2.50. The third-order valence-corrected chi connectivity index (χ3v) is 3.61. The second-order valence-electron chi connectivity index (χ2n) is 6.97. The maximum absolute atomic E-state index is 11.7. The molecule has 0 aromatic heterocycles. The van der Waals surface area contributed by atoms with Crippen molar-refractivity contribution in [3.8, 4) is 0 Å². The van der Waals surface area contributed by atoms with Gasteiger partial charge in [0.05, 0.1) is 0 Å². The molecule has 21 heavy (non-hydrogen) atoms. The van der Waals surface area contributed by atoms with E-state index in [2.05, 4.69) is 42.7 Å². The van der Waals surface area contributed by atoms with Gasteiger partial charge in [-0.2, -0.15) is 0 Å². The molecule has 0 radical (unpaired) electrons. The lowest BCUT2D eigenvalue weighted by molar-refractivity contribution is 0.0475. The molecule has 0 spiro atoms. The van der Waals surface area contributed by atoms with Gasteiger partial charge in [-0.15, -0.1) is 0 Å². The first-order valence-corrected chi connectivity index (χ1v) is 7.56. The summed E-state index contributed by atoms with van der Waals surface area (Å²) in [7, 11) is 0. The molecule has 0 bridgehead atoms. The summed E-state index contributed by atoms with van der Waals surface area (Å²) in [6, 6.07) is 7.05. The van der Waals surface area contributed by atoms with Crippen LogP contribution in [0.25, 0.3) is 0 Å². The highest BCUT2D eigenvalue weighted by Gasteiger charge is 2.31. The lowest BCUT2D eigenvalue weighted by atomic mass is 9.86. The summed E-state index contributed by atoms with van der Waals surface area (Å²) in [5.41, 5.74) is 3.26. The number of benzene rings is 1. The van der Waals surface area contributed by atoms with Crippen molar-refractivity contribution in [3.05, 3.63) is 29.3 Å². The zero-order valence-corrected chi connectivity index (χ0v) is 13.6. The van der Waals surface area contributed by atoms with Crippen molar-refractivity contribution < 1.29 is 9.53 Å². The van der Waals surface area contributed by atoms with Crippen LogP contribution < -0.4 is 10.6 Å². The fourth-order valence-electron chi connectivity index (χ4n) is 2.44. The molecule has 0 aliphatic heterocycles. The predicted molar refractivity (Wildman–Crippen MR) is 85.7 cm³/mol. The average molecular weight is 290 g/mol. The molecule has 4 nitrogen and oxygen atoms in total. The number of ether oxygens (including phenoxy) is 1. The molecule has 1 aromatic carbocycles. The van der Waals surface area contributed by atoms with Crippen LogP contribution in [-0.4, -0.2) is 23.8 Å². The van der Waals surface area contributed by atoms with Crippen molar-refractivity contribution in [1.82, 2.24) is 5.32 Å². The summed E-state index contributed by atoms with van der Waals surface area (Å²) in [5.74, 6) is 0. The van der Waals surface area contributed by atoms with Crippen molar-refractivity contribution in [3.63, 3.8) is 0 Å². The molecule has 4 heteroatoms. The molecule has 116 valence electrons. The molecule has 0 heterocycles. The summed E-state index contributed by atoms with van der Waals surface area (Å²) in [6.07, 6.45) is 1.55. The number of hydrogen-bond acceptors (Lipinski definition) is 3. The van der Waals surface area contributed by atoms with Gasteiger partial charge >= 0.3 is 6.09 Å². The van der Waals surface area contributed by atoms with Gasteiger partial charge in [-0.3, -0.25) is 0 Å². The fourth-order valence-corrected chi connectivity index (χ4v) is 2.44. The molecule has 0 unspecified atom stereocenters. The Bertz CT molecular complexity index is 514. The number of carbonyl (C=O) groups excluding carboxylic acids is 1. The Kier molecular flexibility index (Phi) is 4.45. The number of hydrogen-bond donors (Lipinski definition) is 2. The van der Waals surface area contributed by atoms with Crippen LogP contribution in [0.2, 0.25) is 0 Å².